The van der Waals surface area contributed by atoms with Crippen LogP contribution in [0, 0.1) is 5.82 Å². The number of guanidine groups is 1. The molecule has 0 bridgehead atoms. The summed E-state index contributed by atoms with van der Waals surface area (Å²) in [4.78, 5) is 11.2. The molecule has 0 unspecified atom stereocenters. The number of rotatable bonds is 6. The third kappa shape index (κ3) is 5.67. The number of anilines is 1. The van der Waals surface area contributed by atoms with Crippen molar-refractivity contribution in [1.82, 2.24) is 15.6 Å². The van der Waals surface area contributed by atoms with Crippen molar-refractivity contribution in [3.05, 3.63) is 59.5 Å². The van der Waals surface area contributed by atoms with Gasteiger partial charge in [-0.2, -0.15) is 0 Å². The van der Waals surface area contributed by atoms with Crippen molar-refractivity contribution in [3.63, 3.8) is 0 Å². The molecule has 0 radical (unpaired) electrons. The van der Waals surface area contributed by atoms with E-state index < -0.39 is 0 Å². The molecule has 1 aliphatic heterocycles. The van der Waals surface area contributed by atoms with Crippen LogP contribution in [0.4, 0.5) is 10.2 Å². The smallest absolute Gasteiger partial charge is 0.191 e. The van der Waals surface area contributed by atoms with Gasteiger partial charge < -0.3 is 20.3 Å². The van der Waals surface area contributed by atoms with Gasteiger partial charge in [0, 0.05) is 50.4 Å². The highest BCUT2D eigenvalue weighted by Crippen LogP contribution is 2.23. The fourth-order valence-corrected chi connectivity index (χ4v) is 3.34. The van der Waals surface area contributed by atoms with Crippen LogP contribution in [0.1, 0.15) is 25.0 Å². The number of aromatic nitrogens is 1. The molecule has 156 valence electrons. The number of hydrogen-bond donors (Lipinski definition) is 2. The first-order valence-corrected chi connectivity index (χ1v) is 9.97. The van der Waals surface area contributed by atoms with Gasteiger partial charge in [0.15, 0.2) is 5.96 Å². The SMILES string of the molecule is CN=C(NCc1cccnc1N1CCOCC1)NCC(C)(C)c1cccc(F)c1. The summed E-state index contributed by atoms with van der Waals surface area (Å²) in [5.41, 5.74) is 1.82. The fourth-order valence-electron chi connectivity index (χ4n) is 3.34. The first-order valence-electron chi connectivity index (χ1n) is 9.97. The first-order chi connectivity index (χ1) is 14.0. The molecule has 6 nitrogen and oxygen atoms in total. The second-order valence-electron chi connectivity index (χ2n) is 7.76. The Morgan fingerprint density at radius 2 is 2.00 bits per heavy atom. The Morgan fingerprint density at radius 1 is 1.21 bits per heavy atom. The average molecular weight is 400 g/mol. The second kappa shape index (κ2) is 9.69. The number of halogens is 1. The van der Waals surface area contributed by atoms with Crippen LogP contribution in [-0.2, 0) is 16.7 Å². The van der Waals surface area contributed by atoms with E-state index in [0.717, 1.165) is 43.2 Å². The number of pyridine rings is 1. The summed E-state index contributed by atoms with van der Waals surface area (Å²) in [6, 6.07) is 10.8. The zero-order valence-corrected chi connectivity index (χ0v) is 17.4. The Labute approximate surface area is 172 Å². The van der Waals surface area contributed by atoms with Crippen LogP contribution >= 0.6 is 0 Å². The fraction of sp³-hybridized carbons (Fsp3) is 0.455. The van der Waals surface area contributed by atoms with Crippen LogP contribution in [0.3, 0.4) is 0 Å². The molecule has 1 aliphatic rings. The predicted octanol–water partition coefficient (Wildman–Crippen LogP) is 2.70. The maximum Gasteiger partial charge on any atom is 0.191 e. The van der Waals surface area contributed by atoms with Gasteiger partial charge in [-0.3, -0.25) is 4.99 Å². The highest BCUT2D eigenvalue weighted by atomic mass is 19.1. The lowest BCUT2D eigenvalue weighted by Crippen LogP contribution is -2.43. The van der Waals surface area contributed by atoms with Crippen molar-refractivity contribution in [2.45, 2.75) is 25.8 Å². The van der Waals surface area contributed by atoms with E-state index in [2.05, 4.69) is 45.4 Å². The number of benzene rings is 1. The molecule has 1 aromatic carbocycles. The molecule has 0 aliphatic carbocycles. The maximum atomic E-state index is 13.6. The molecule has 1 saturated heterocycles. The Balaban J connectivity index is 1.60. The Morgan fingerprint density at radius 3 is 2.72 bits per heavy atom. The van der Waals surface area contributed by atoms with Gasteiger partial charge in [0.1, 0.15) is 11.6 Å². The molecule has 2 N–H and O–H groups in total. The van der Waals surface area contributed by atoms with Gasteiger partial charge in [-0.25, -0.2) is 9.37 Å². The number of morpholine rings is 1. The summed E-state index contributed by atoms with van der Waals surface area (Å²) in [5.74, 6) is 1.47. The van der Waals surface area contributed by atoms with Crippen LogP contribution in [0.2, 0.25) is 0 Å². The van der Waals surface area contributed by atoms with Gasteiger partial charge in [-0.05, 0) is 23.8 Å². The molecule has 29 heavy (non-hydrogen) atoms. The van der Waals surface area contributed by atoms with Gasteiger partial charge in [0.05, 0.1) is 13.2 Å². The number of nitrogens with zero attached hydrogens (tertiary/aromatic N) is 3. The highest BCUT2D eigenvalue weighted by molar-refractivity contribution is 5.79. The molecule has 7 heteroatoms. The van der Waals surface area contributed by atoms with Gasteiger partial charge >= 0.3 is 0 Å². The third-order valence-corrected chi connectivity index (χ3v) is 5.15. The third-order valence-electron chi connectivity index (χ3n) is 5.15. The molecular formula is C22H30FN5O. The maximum absolute atomic E-state index is 13.6. The normalized spacial score (nSPS) is 15.3. The number of hydrogen-bond acceptors (Lipinski definition) is 4. The van der Waals surface area contributed by atoms with Crippen molar-refractivity contribution in [1.29, 1.82) is 0 Å². The summed E-state index contributed by atoms with van der Waals surface area (Å²) in [7, 11) is 1.75. The summed E-state index contributed by atoms with van der Waals surface area (Å²) in [5, 5.41) is 6.73. The molecule has 0 amide bonds. The highest BCUT2D eigenvalue weighted by Gasteiger charge is 2.22. The molecule has 2 heterocycles. The van der Waals surface area contributed by atoms with Crippen LogP contribution in [0.15, 0.2) is 47.6 Å². The lowest BCUT2D eigenvalue weighted by Gasteiger charge is -2.30. The van der Waals surface area contributed by atoms with E-state index in [-0.39, 0.29) is 11.2 Å². The second-order valence-corrected chi connectivity index (χ2v) is 7.76. The largest absolute Gasteiger partial charge is 0.378 e. The van der Waals surface area contributed by atoms with Crippen LogP contribution in [0.25, 0.3) is 0 Å². The van der Waals surface area contributed by atoms with Gasteiger partial charge in [-0.1, -0.05) is 32.0 Å². The van der Waals surface area contributed by atoms with E-state index in [1.54, 1.807) is 19.2 Å². The van der Waals surface area contributed by atoms with E-state index in [9.17, 15) is 4.39 Å². The summed E-state index contributed by atoms with van der Waals surface area (Å²) in [6.07, 6.45) is 1.82. The van der Waals surface area contributed by atoms with Crippen molar-refractivity contribution in [2.24, 2.45) is 4.99 Å². The van der Waals surface area contributed by atoms with Crippen LogP contribution in [-0.4, -0.2) is 50.8 Å². The van der Waals surface area contributed by atoms with Crippen LogP contribution < -0.4 is 15.5 Å². The lowest BCUT2D eigenvalue weighted by atomic mass is 9.84. The monoisotopic (exact) mass is 399 g/mol. The summed E-state index contributed by atoms with van der Waals surface area (Å²) < 4.78 is 19.0. The number of nitrogens with one attached hydrogen (secondary N) is 2. The van der Waals surface area contributed by atoms with E-state index in [4.69, 9.17) is 4.74 Å². The molecule has 0 saturated carbocycles. The van der Waals surface area contributed by atoms with E-state index in [1.165, 1.54) is 6.07 Å². The topological polar surface area (TPSA) is 61.8 Å². The van der Waals surface area contributed by atoms with E-state index >= 15 is 0 Å². The van der Waals surface area contributed by atoms with Crippen LogP contribution in [0.5, 0.6) is 0 Å². The number of ether oxygens (including phenoxy) is 1. The quantitative estimate of drug-likeness (QED) is 0.578. The molecule has 3 rings (SSSR count). The summed E-state index contributed by atoms with van der Waals surface area (Å²) >= 11 is 0. The summed E-state index contributed by atoms with van der Waals surface area (Å²) in [6.45, 7) is 8.54. The molecule has 1 fully saturated rings. The molecular weight excluding hydrogens is 369 g/mol. The standard InChI is InChI=1S/C22H30FN5O/c1-22(2,18-7-4-8-19(23)14-18)16-27-21(24-3)26-15-17-6-5-9-25-20(17)28-10-12-29-13-11-28/h4-9,14H,10-13,15-16H2,1-3H3,(H2,24,26,27). The van der Waals surface area contributed by atoms with Crippen molar-refractivity contribution in [3.8, 4) is 0 Å². The number of aliphatic imine (C=N–C) groups is 1. The van der Waals surface area contributed by atoms with E-state index in [1.807, 2.05) is 18.3 Å². The Kier molecular flexibility index (Phi) is 7.04. The minimum atomic E-state index is -0.243. The zero-order chi connectivity index (χ0) is 20.7. The van der Waals surface area contributed by atoms with Gasteiger partial charge in [0.25, 0.3) is 0 Å². The zero-order valence-electron chi connectivity index (χ0n) is 17.4. The van der Waals surface area contributed by atoms with Crippen molar-refractivity contribution < 1.29 is 9.13 Å². The Hall–Kier alpha value is -2.67. The molecule has 2 aromatic rings. The lowest BCUT2D eigenvalue weighted by molar-refractivity contribution is 0.122. The minimum Gasteiger partial charge on any atom is -0.378 e. The molecule has 1 aromatic heterocycles. The van der Waals surface area contributed by atoms with E-state index in [0.29, 0.717) is 19.0 Å². The average Bonchev–Trinajstić information content (AvgIpc) is 2.75. The van der Waals surface area contributed by atoms with Crippen molar-refractivity contribution in [2.75, 3.05) is 44.8 Å². The molecule has 0 spiro atoms. The predicted molar refractivity (Wildman–Crippen MR) is 115 cm³/mol. The minimum absolute atomic E-state index is 0.217. The molecule has 0 atom stereocenters. The van der Waals surface area contributed by atoms with Crippen molar-refractivity contribution >= 4 is 11.8 Å². The first kappa shape index (κ1) is 21.0. The Bertz CT molecular complexity index is 833. The van der Waals surface area contributed by atoms with Gasteiger partial charge in [0.2, 0.25) is 0 Å². The van der Waals surface area contributed by atoms with Gasteiger partial charge in [-0.15, -0.1) is 0 Å².